The SMILES string of the molecule is CNCCC(CC1CC1)C1CC1. The minimum absolute atomic E-state index is 1.07. The summed E-state index contributed by atoms with van der Waals surface area (Å²) in [5.74, 6) is 3.33. The van der Waals surface area contributed by atoms with Gasteiger partial charge in [0.1, 0.15) is 0 Å². The van der Waals surface area contributed by atoms with Crippen molar-refractivity contribution in [1.82, 2.24) is 5.32 Å². The van der Waals surface area contributed by atoms with E-state index < -0.39 is 0 Å². The molecular weight excluding hydrogens is 146 g/mol. The first kappa shape index (κ1) is 8.55. The van der Waals surface area contributed by atoms with Crippen LogP contribution >= 0.6 is 0 Å². The van der Waals surface area contributed by atoms with Gasteiger partial charge in [-0.1, -0.05) is 12.8 Å². The van der Waals surface area contributed by atoms with Crippen molar-refractivity contribution in [2.75, 3.05) is 13.6 Å². The van der Waals surface area contributed by atoms with Crippen LogP contribution in [0.25, 0.3) is 0 Å². The first-order valence-corrected chi connectivity index (χ1v) is 5.54. The molecule has 0 saturated heterocycles. The van der Waals surface area contributed by atoms with Gasteiger partial charge >= 0.3 is 0 Å². The summed E-state index contributed by atoms with van der Waals surface area (Å²) in [5, 5.41) is 3.27. The van der Waals surface area contributed by atoms with E-state index in [1.807, 2.05) is 0 Å². The van der Waals surface area contributed by atoms with Crippen LogP contribution in [0.5, 0.6) is 0 Å². The van der Waals surface area contributed by atoms with Crippen molar-refractivity contribution >= 4 is 0 Å². The molecule has 0 spiro atoms. The monoisotopic (exact) mass is 167 g/mol. The van der Waals surface area contributed by atoms with E-state index in [-0.39, 0.29) is 0 Å². The summed E-state index contributed by atoms with van der Waals surface area (Å²) in [6.45, 7) is 1.23. The van der Waals surface area contributed by atoms with Crippen LogP contribution in [-0.2, 0) is 0 Å². The van der Waals surface area contributed by atoms with E-state index in [0.29, 0.717) is 0 Å². The first-order valence-electron chi connectivity index (χ1n) is 5.54. The van der Waals surface area contributed by atoms with Gasteiger partial charge in [0.05, 0.1) is 0 Å². The third-order valence-electron chi connectivity index (χ3n) is 3.39. The molecule has 1 unspecified atom stereocenters. The Bertz CT molecular complexity index is 136. The van der Waals surface area contributed by atoms with Gasteiger partial charge in [0.15, 0.2) is 0 Å². The minimum Gasteiger partial charge on any atom is -0.320 e. The maximum Gasteiger partial charge on any atom is -0.00492 e. The molecule has 0 heterocycles. The number of hydrogen-bond acceptors (Lipinski definition) is 1. The zero-order chi connectivity index (χ0) is 8.39. The van der Waals surface area contributed by atoms with Crippen molar-refractivity contribution in [3.63, 3.8) is 0 Å². The van der Waals surface area contributed by atoms with Crippen LogP contribution in [0.4, 0.5) is 0 Å². The van der Waals surface area contributed by atoms with Gasteiger partial charge in [-0.3, -0.25) is 0 Å². The summed E-state index contributed by atoms with van der Waals surface area (Å²) in [7, 11) is 2.07. The molecular formula is C11H21N. The van der Waals surface area contributed by atoms with Crippen molar-refractivity contribution in [1.29, 1.82) is 0 Å². The highest BCUT2D eigenvalue weighted by Gasteiger charge is 2.34. The highest BCUT2D eigenvalue weighted by Crippen LogP contribution is 2.46. The van der Waals surface area contributed by atoms with Crippen LogP contribution in [0.1, 0.15) is 38.5 Å². The van der Waals surface area contributed by atoms with Crippen LogP contribution in [0.3, 0.4) is 0 Å². The molecule has 12 heavy (non-hydrogen) atoms. The Morgan fingerprint density at radius 2 is 2.00 bits per heavy atom. The van der Waals surface area contributed by atoms with E-state index in [4.69, 9.17) is 0 Å². The van der Waals surface area contributed by atoms with Crippen molar-refractivity contribution in [3.8, 4) is 0 Å². The molecule has 2 fully saturated rings. The zero-order valence-electron chi connectivity index (χ0n) is 8.18. The molecule has 0 aliphatic heterocycles. The largest absolute Gasteiger partial charge is 0.320 e. The third-order valence-corrected chi connectivity index (χ3v) is 3.39. The van der Waals surface area contributed by atoms with Crippen molar-refractivity contribution in [2.45, 2.75) is 38.5 Å². The molecule has 1 heteroatoms. The molecule has 0 aromatic carbocycles. The van der Waals surface area contributed by atoms with Gasteiger partial charge in [-0.05, 0) is 57.0 Å². The van der Waals surface area contributed by atoms with Gasteiger partial charge in [-0.15, -0.1) is 0 Å². The molecule has 0 amide bonds. The van der Waals surface area contributed by atoms with E-state index in [9.17, 15) is 0 Å². The summed E-state index contributed by atoms with van der Waals surface area (Å²) >= 11 is 0. The average Bonchev–Trinajstić information content (AvgIpc) is 2.85. The molecule has 2 aliphatic rings. The van der Waals surface area contributed by atoms with E-state index >= 15 is 0 Å². The molecule has 0 aromatic heterocycles. The van der Waals surface area contributed by atoms with Gasteiger partial charge in [0.2, 0.25) is 0 Å². The fourth-order valence-electron chi connectivity index (χ4n) is 2.23. The van der Waals surface area contributed by atoms with E-state index in [1.165, 1.54) is 38.6 Å². The lowest BCUT2D eigenvalue weighted by Crippen LogP contribution is -2.15. The van der Waals surface area contributed by atoms with Gasteiger partial charge < -0.3 is 5.32 Å². The molecule has 1 nitrogen and oxygen atoms in total. The second-order valence-corrected chi connectivity index (χ2v) is 4.67. The lowest BCUT2D eigenvalue weighted by Gasteiger charge is -2.14. The highest BCUT2D eigenvalue weighted by molar-refractivity contribution is 4.86. The molecule has 1 atom stereocenters. The fourth-order valence-corrected chi connectivity index (χ4v) is 2.23. The Kier molecular flexibility index (Phi) is 2.69. The van der Waals surface area contributed by atoms with Crippen LogP contribution in [-0.4, -0.2) is 13.6 Å². The summed E-state index contributed by atoms with van der Waals surface area (Å²) in [6, 6.07) is 0. The Morgan fingerprint density at radius 3 is 2.50 bits per heavy atom. The molecule has 0 aromatic rings. The summed E-state index contributed by atoms with van der Waals surface area (Å²) in [4.78, 5) is 0. The summed E-state index contributed by atoms with van der Waals surface area (Å²) < 4.78 is 0. The molecule has 2 aliphatic carbocycles. The van der Waals surface area contributed by atoms with Gasteiger partial charge in [-0.25, -0.2) is 0 Å². The summed E-state index contributed by atoms with van der Waals surface area (Å²) in [6.07, 6.45) is 9.10. The molecule has 70 valence electrons. The Hall–Kier alpha value is -0.0400. The lowest BCUT2D eigenvalue weighted by atomic mass is 9.93. The molecule has 0 bridgehead atoms. The van der Waals surface area contributed by atoms with E-state index in [2.05, 4.69) is 12.4 Å². The Balaban J connectivity index is 1.68. The normalized spacial score (nSPS) is 25.8. The van der Waals surface area contributed by atoms with Crippen LogP contribution in [0, 0.1) is 17.8 Å². The van der Waals surface area contributed by atoms with Crippen molar-refractivity contribution < 1.29 is 0 Å². The van der Waals surface area contributed by atoms with Gasteiger partial charge in [0.25, 0.3) is 0 Å². The highest BCUT2D eigenvalue weighted by atomic mass is 14.8. The third kappa shape index (κ3) is 2.48. The van der Waals surface area contributed by atoms with Crippen molar-refractivity contribution in [3.05, 3.63) is 0 Å². The average molecular weight is 167 g/mol. The molecule has 2 saturated carbocycles. The smallest absolute Gasteiger partial charge is 0.00492 e. The van der Waals surface area contributed by atoms with Crippen molar-refractivity contribution in [2.24, 2.45) is 17.8 Å². The van der Waals surface area contributed by atoms with Gasteiger partial charge in [-0.2, -0.15) is 0 Å². The molecule has 2 rings (SSSR count). The lowest BCUT2D eigenvalue weighted by molar-refractivity contribution is 0.374. The molecule has 0 radical (unpaired) electrons. The quantitative estimate of drug-likeness (QED) is 0.640. The number of rotatable bonds is 6. The van der Waals surface area contributed by atoms with Crippen LogP contribution in [0.15, 0.2) is 0 Å². The van der Waals surface area contributed by atoms with E-state index in [0.717, 1.165) is 17.8 Å². The topological polar surface area (TPSA) is 12.0 Å². The maximum atomic E-state index is 3.27. The maximum absolute atomic E-state index is 3.27. The Labute approximate surface area is 75.9 Å². The number of nitrogens with one attached hydrogen (secondary N) is 1. The predicted octanol–water partition coefficient (Wildman–Crippen LogP) is 2.42. The zero-order valence-corrected chi connectivity index (χ0v) is 8.18. The summed E-state index contributed by atoms with van der Waals surface area (Å²) in [5.41, 5.74) is 0. The Morgan fingerprint density at radius 1 is 1.25 bits per heavy atom. The standard InChI is InChI=1S/C11H21N/c1-12-7-6-11(10-4-5-10)8-9-2-3-9/h9-12H,2-8H2,1H3. The predicted molar refractivity (Wildman–Crippen MR) is 52.1 cm³/mol. The van der Waals surface area contributed by atoms with Crippen LogP contribution < -0.4 is 5.32 Å². The number of hydrogen-bond donors (Lipinski definition) is 1. The minimum atomic E-state index is 1.07. The van der Waals surface area contributed by atoms with E-state index in [1.54, 1.807) is 6.42 Å². The second kappa shape index (κ2) is 3.78. The van der Waals surface area contributed by atoms with Gasteiger partial charge in [0, 0.05) is 0 Å². The van der Waals surface area contributed by atoms with Crippen LogP contribution in [0.2, 0.25) is 0 Å². The second-order valence-electron chi connectivity index (χ2n) is 4.67. The molecule has 1 N–H and O–H groups in total. The fraction of sp³-hybridized carbons (Fsp3) is 1.00. The first-order chi connectivity index (χ1) is 5.90.